The predicted octanol–water partition coefficient (Wildman–Crippen LogP) is 18.0. The molecule has 0 aliphatic rings. The van der Waals surface area contributed by atoms with Gasteiger partial charge in [0.2, 0.25) is 0 Å². The SMILES string of the molecule is CCCCCCCCCCCCCCCCC(CCCCCCCCCCCCCC)C(=O)O.CCCCCCCCCCCCCCCCCC(=O)O. The van der Waals surface area contributed by atoms with Crippen LogP contribution in [0.4, 0.5) is 0 Å². The first-order chi connectivity index (χ1) is 26.5. The van der Waals surface area contributed by atoms with Crippen LogP contribution in [0.5, 0.6) is 0 Å². The van der Waals surface area contributed by atoms with E-state index in [9.17, 15) is 14.7 Å². The lowest BCUT2D eigenvalue weighted by molar-refractivity contribution is -0.142. The smallest absolute Gasteiger partial charge is 0.306 e. The van der Waals surface area contributed by atoms with Crippen LogP contribution in [0.15, 0.2) is 0 Å². The Bertz CT molecular complexity index is 707. The molecular weight excluding hydrogens is 665 g/mol. The summed E-state index contributed by atoms with van der Waals surface area (Å²) in [5.41, 5.74) is 0. The van der Waals surface area contributed by atoms with Crippen molar-refractivity contribution in [1.29, 1.82) is 0 Å². The number of rotatable bonds is 45. The van der Waals surface area contributed by atoms with Crippen molar-refractivity contribution in [3.8, 4) is 0 Å². The van der Waals surface area contributed by atoms with E-state index in [1.807, 2.05) is 0 Å². The van der Waals surface area contributed by atoms with E-state index in [1.54, 1.807) is 0 Å². The molecule has 0 heterocycles. The van der Waals surface area contributed by atoms with Gasteiger partial charge in [-0.3, -0.25) is 9.59 Å². The van der Waals surface area contributed by atoms with Gasteiger partial charge in [-0.25, -0.2) is 0 Å². The highest BCUT2D eigenvalue weighted by Gasteiger charge is 2.16. The molecular formula is C50H100O4. The zero-order valence-electron chi connectivity index (χ0n) is 37.4. The molecule has 0 aromatic heterocycles. The van der Waals surface area contributed by atoms with E-state index in [0.29, 0.717) is 6.42 Å². The van der Waals surface area contributed by atoms with Crippen molar-refractivity contribution in [2.75, 3.05) is 0 Å². The Morgan fingerprint density at radius 2 is 0.481 bits per heavy atom. The summed E-state index contributed by atoms with van der Waals surface area (Å²) in [5.74, 6) is -1.31. The number of hydrogen-bond acceptors (Lipinski definition) is 2. The van der Waals surface area contributed by atoms with Gasteiger partial charge >= 0.3 is 11.9 Å². The number of carboxylic acids is 2. The number of carbonyl (C=O) groups is 2. The minimum atomic E-state index is -0.653. The van der Waals surface area contributed by atoms with Crippen LogP contribution in [-0.2, 0) is 9.59 Å². The number of aliphatic carboxylic acids is 2. The molecule has 324 valence electrons. The summed E-state index contributed by atoms with van der Waals surface area (Å²) in [7, 11) is 0. The Morgan fingerprint density at radius 3 is 0.667 bits per heavy atom. The largest absolute Gasteiger partial charge is 0.481 e. The summed E-state index contributed by atoms with van der Waals surface area (Å²) in [5, 5.41) is 18.1. The normalized spacial score (nSPS) is 11.8. The quantitative estimate of drug-likeness (QED) is 0.0606. The van der Waals surface area contributed by atoms with Gasteiger partial charge in [-0.2, -0.15) is 0 Å². The number of unbranched alkanes of at least 4 members (excludes halogenated alkanes) is 38. The van der Waals surface area contributed by atoms with Crippen molar-refractivity contribution in [1.82, 2.24) is 0 Å². The molecule has 1 unspecified atom stereocenters. The minimum Gasteiger partial charge on any atom is -0.481 e. The van der Waals surface area contributed by atoms with E-state index < -0.39 is 11.9 Å². The maximum Gasteiger partial charge on any atom is 0.306 e. The first kappa shape index (κ1) is 55.0. The summed E-state index contributed by atoms with van der Waals surface area (Å²) in [6.45, 7) is 6.83. The summed E-state index contributed by atoms with van der Waals surface area (Å²) < 4.78 is 0. The van der Waals surface area contributed by atoms with Gasteiger partial charge in [-0.05, 0) is 19.3 Å². The van der Waals surface area contributed by atoms with Crippen LogP contribution in [0.1, 0.15) is 303 Å². The molecule has 2 N–H and O–H groups in total. The highest BCUT2D eigenvalue weighted by Crippen LogP contribution is 2.21. The Morgan fingerprint density at radius 1 is 0.296 bits per heavy atom. The first-order valence-corrected chi connectivity index (χ1v) is 24.9. The molecule has 0 aliphatic heterocycles. The van der Waals surface area contributed by atoms with Crippen LogP contribution < -0.4 is 0 Å². The molecule has 1 atom stereocenters. The molecule has 4 nitrogen and oxygen atoms in total. The average molecular weight is 765 g/mol. The second-order valence-electron chi connectivity index (χ2n) is 17.2. The molecule has 0 bridgehead atoms. The highest BCUT2D eigenvalue weighted by molar-refractivity contribution is 5.69. The molecule has 0 saturated carbocycles. The Hall–Kier alpha value is -1.06. The van der Waals surface area contributed by atoms with Crippen molar-refractivity contribution in [3.63, 3.8) is 0 Å². The van der Waals surface area contributed by atoms with Gasteiger partial charge in [0.05, 0.1) is 5.92 Å². The average Bonchev–Trinajstić information content (AvgIpc) is 3.16. The van der Waals surface area contributed by atoms with Crippen LogP contribution in [0.2, 0.25) is 0 Å². The molecule has 0 spiro atoms. The van der Waals surface area contributed by atoms with E-state index in [4.69, 9.17) is 5.11 Å². The van der Waals surface area contributed by atoms with E-state index in [0.717, 1.165) is 38.5 Å². The van der Waals surface area contributed by atoms with Crippen molar-refractivity contribution in [3.05, 3.63) is 0 Å². The molecule has 0 aromatic rings. The molecule has 0 rings (SSSR count). The number of hydrogen-bond donors (Lipinski definition) is 2. The van der Waals surface area contributed by atoms with Gasteiger partial charge in [0.1, 0.15) is 0 Å². The number of carboxylic acid groups (broad SMARTS) is 2. The molecule has 0 amide bonds. The lowest BCUT2D eigenvalue weighted by atomic mass is 9.94. The van der Waals surface area contributed by atoms with Gasteiger partial charge in [-0.1, -0.05) is 278 Å². The van der Waals surface area contributed by atoms with Crippen molar-refractivity contribution < 1.29 is 19.8 Å². The summed E-state index contributed by atoms with van der Waals surface area (Å²) in [6, 6.07) is 0. The van der Waals surface area contributed by atoms with E-state index >= 15 is 0 Å². The van der Waals surface area contributed by atoms with Crippen LogP contribution in [0.25, 0.3) is 0 Å². The lowest BCUT2D eigenvalue weighted by Gasteiger charge is -2.12. The molecule has 0 fully saturated rings. The third kappa shape index (κ3) is 50.9. The van der Waals surface area contributed by atoms with Gasteiger partial charge < -0.3 is 10.2 Å². The van der Waals surface area contributed by atoms with Gasteiger partial charge in [0.25, 0.3) is 0 Å². The van der Waals surface area contributed by atoms with Crippen molar-refractivity contribution in [2.45, 2.75) is 303 Å². The molecule has 0 saturated heterocycles. The summed E-state index contributed by atoms with van der Waals surface area (Å²) >= 11 is 0. The minimum absolute atomic E-state index is 0.0968. The molecule has 0 radical (unpaired) electrons. The standard InChI is InChI=1S/C32H64O2.C18H36O2/c1-3-5-7-9-11-13-15-17-18-20-22-24-26-28-30-31(32(33)34)29-27-25-23-21-19-16-14-12-10-8-6-4-2;1-2-3-4-5-6-7-8-9-10-11-12-13-14-15-16-17-18(19)20/h31H,3-30H2,1-2H3,(H,33,34);2-17H2,1H3,(H,19,20). The second kappa shape index (κ2) is 50.0. The lowest BCUT2D eigenvalue weighted by Crippen LogP contribution is -2.13. The van der Waals surface area contributed by atoms with Crippen LogP contribution >= 0.6 is 0 Å². The fraction of sp³-hybridized carbons (Fsp3) is 0.960. The maximum atomic E-state index is 11.6. The zero-order chi connectivity index (χ0) is 39.8. The van der Waals surface area contributed by atoms with Crippen LogP contribution in [0.3, 0.4) is 0 Å². The fourth-order valence-electron chi connectivity index (χ4n) is 7.86. The topological polar surface area (TPSA) is 74.6 Å². The Kier molecular flexibility index (Phi) is 50.9. The molecule has 0 aliphatic carbocycles. The summed E-state index contributed by atoms with van der Waals surface area (Å²) in [4.78, 5) is 21.9. The van der Waals surface area contributed by atoms with Crippen molar-refractivity contribution >= 4 is 11.9 Å². The Labute approximate surface area is 340 Å². The molecule has 4 heteroatoms. The van der Waals surface area contributed by atoms with E-state index in [-0.39, 0.29) is 5.92 Å². The fourth-order valence-corrected chi connectivity index (χ4v) is 7.86. The third-order valence-electron chi connectivity index (χ3n) is 11.7. The monoisotopic (exact) mass is 765 g/mol. The first-order valence-electron chi connectivity index (χ1n) is 24.9. The van der Waals surface area contributed by atoms with E-state index in [2.05, 4.69) is 20.8 Å². The second-order valence-corrected chi connectivity index (χ2v) is 17.2. The van der Waals surface area contributed by atoms with Crippen molar-refractivity contribution in [2.24, 2.45) is 5.92 Å². The Balaban J connectivity index is 0. The van der Waals surface area contributed by atoms with Crippen LogP contribution in [0, 0.1) is 5.92 Å². The molecule has 54 heavy (non-hydrogen) atoms. The maximum absolute atomic E-state index is 11.6. The third-order valence-corrected chi connectivity index (χ3v) is 11.7. The van der Waals surface area contributed by atoms with E-state index in [1.165, 1.54) is 238 Å². The molecule has 0 aromatic carbocycles. The zero-order valence-corrected chi connectivity index (χ0v) is 37.4. The van der Waals surface area contributed by atoms with Gasteiger partial charge in [0, 0.05) is 6.42 Å². The van der Waals surface area contributed by atoms with Crippen LogP contribution in [-0.4, -0.2) is 22.2 Å². The van der Waals surface area contributed by atoms with Gasteiger partial charge in [0.15, 0.2) is 0 Å². The van der Waals surface area contributed by atoms with Gasteiger partial charge in [-0.15, -0.1) is 0 Å². The summed E-state index contributed by atoms with van der Waals surface area (Å²) in [6.07, 6.45) is 57.1. The predicted molar refractivity (Wildman–Crippen MR) is 239 cm³/mol. The highest BCUT2D eigenvalue weighted by atomic mass is 16.4.